The van der Waals surface area contributed by atoms with Crippen molar-refractivity contribution in [3.05, 3.63) is 57.0 Å². The number of hydrogen-bond acceptors (Lipinski definition) is 6. The zero-order chi connectivity index (χ0) is 21.3. The van der Waals surface area contributed by atoms with E-state index in [1.807, 2.05) is 36.1 Å². The lowest BCUT2D eigenvalue weighted by atomic mass is 10.1. The van der Waals surface area contributed by atoms with Gasteiger partial charge < -0.3 is 18.9 Å². The number of aryl methyl sites for hydroxylation is 2. The third-order valence-electron chi connectivity index (χ3n) is 5.45. The Labute approximate surface area is 178 Å². The summed E-state index contributed by atoms with van der Waals surface area (Å²) in [5, 5.41) is 0.520. The van der Waals surface area contributed by atoms with Gasteiger partial charge in [0.2, 0.25) is 0 Å². The Bertz CT molecular complexity index is 1130. The van der Waals surface area contributed by atoms with Crippen molar-refractivity contribution in [3.63, 3.8) is 0 Å². The Morgan fingerprint density at radius 3 is 3.00 bits per heavy atom. The number of methoxy groups -OCH3 is 1. The van der Waals surface area contributed by atoms with Crippen LogP contribution < -0.4 is 10.3 Å². The first-order valence-electron chi connectivity index (χ1n) is 9.96. The monoisotopic (exact) mass is 427 g/mol. The molecular weight excluding hydrogens is 402 g/mol. The molecule has 3 aromatic rings. The van der Waals surface area contributed by atoms with Gasteiger partial charge in [0, 0.05) is 26.7 Å². The van der Waals surface area contributed by atoms with Crippen LogP contribution in [-0.2, 0) is 18.3 Å². The summed E-state index contributed by atoms with van der Waals surface area (Å²) in [5.41, 5.74) is 1.54. The lowest BCUT2D eigenvalue weighted by Crippen LogP contribution is -2.36. The van der Waals surface area contributed by atoms with Gasteiger partial charge in [-0.2, -0.15) is 0 Å². The maximum absolute atomic E-state index is 13.6. The van der Waals surface area contributed by atoms with Gasteiger partial charge in [0.15, 0.2) is 0 Å². The molecule has 158 valence electrons. The Morgan fingerprint density at radius 1 is 1.43 bits per heavy atom. The van der Waals surface area contributed by atoms with E-state index in [0.29, 0.717) is 33.7 Å². The van der Waals surface area contributed by atoms with Crippen LogP contribution >= 0.6 is 11.3 Å². The smallest absolute Gasteiger partial charge is 0.264 e. The maximum atomic E-state index is 13.6. The molecule has 1 aromatic carbocycles. The third kappa shape index (κ3) is 3.97. The molecule has 30 heavy (non-hydrogen) atoms. The molecule has 7 nitrogen and oxygen atoms in total. The topological polar surface area (TPSA) is 73.7 Å². The van der Waals surface area contributed by atoms with Crippen LogP contribution in [0.5, 0.6) is 5.75 Å². The molecule has 0 radical (unpaired) electrons. The highest BCUT2D eigenvalue weighted by atomic mass is 32.1. The first-order chi connectivity index (χ1) is 14.5. The highest BCUT2D eigenvalue weighted by Gasteiger charge is 2.27. The van der Waals surface area contributed by atoms with Crippen molar-refractivity contribution in [1.29, 1.82) is 0 Å². The van der Waals surface area contributed by atoms with Crippen molar-refractivity contribution in [2.24, 2.45) is 7.05 Å². The lowest BCUT2D eigenvalue weighted by molar-refractivity contribution is 0.0510. The first kappa shape index (κ1) is 20.6. The second kappa shape index (κ2) is 8.57. The standard InChI is InChI=1S/C22H25N3O4S/c1-14-18-20(23-13-24(2)21(18)26)30-19(14)22(27)25(12-17-8-5-9-29-17)11-15-6-4-7-16(10-15)28-3/h4,6-7,10,13,17H,5,8-9,11-12H2,1-3H3. The van der Waals surface area contributed by atoms with Gasteiger partial charge in [-0.15, -0.1) is 11.3 Å². The minimum absolute atomic E-state index is 0.0280. The molecule has 8 heteroatoms. The zero-order valence-corrected chi connectivity index (χ0v) is 18.2. The number of aromatic nitrogens is 2. The molecule has 0 spiro atoms. The molecule has 1 aliphatic heterocycles. The van der Waals surface area contributed by atoms with E-state index in [-0.39, 0.29) is 17.6 Å². The summed E-state index contributed by atoms with van der Waals surface area (Å²) in [6.07, 6.45) is 3.47. The van der Waals surface area contributed by atoms with E-state index in [2.05, 4.69) is 4.98 Å². The SMILES string of the molecule is COc1cccc(CN(CC2CCCO2)C(=O)c2sc3ncn(C)c(=O)c3c2C)c1. The van der Waals surface area contributed by atoms with Gasteiger partial charge in [0.1, 0.15) is 10.6 Å². The fraction of sp³-hybridized carbons (Fsp3) is 0.409. The summed E-state index contributed by atoms with van der Waals surface area (Å²) >= 11 is 1.28. The van der Waals surface area contributed by atoms with Crippen LogP contribution in [0.4, 0.5) is 0 Å². The number of rotatable bonds is 6. The first-order valence-corrected chi connectivity index (χ1v) is 10.8. The summed E-state index contributed by atoms with van der Waals surface area (Å²) in [6, 6.07) is 7.72. The van der Waals surface area contributed by atoms with Crippen molar-refractivity contribution in [2.45, 2.75) is 32.4 Å². The van der Waals surface area contributed by atoms with E-state index in [0.717, 1.165) is 30.8 Å². The van der Waals surface area contributed by atoms with Crippen molar-refractivity contribution in [3.8, 4) is 5.75 Å². The molecule has 2 aromatic heterocycles. The molecule has 1 aliphatic rings. The number of amides is 1. The second-order valence-electron chi connectivity index (χ2n) is 7.57. The van der Waals surface area contributed by atoms with E-state index >= 15 is 0 Å². The Balaban J connectivity index is 1.69. The molecule has 0 saturated carbocycles. The molecular formula is C22H25N3O4S. The summed E-state index contributed by atoms with van der Waals surface area (Å²) in [5.74, 6) is 0.652. The number of ether oxygens (including phenoxy) is 2. The van der Waals surface area contributed by atoms with Crippen LogP contribution in [0.1, 0.15) is 33.6 Å². The molecule has 4 rings (SSSR count). The van der Waals surface area contributed by atoms with Crippen molar-refractivity contribution in [1.82, 2.24) is 14.5 Å². The van der Waals surface area contributed by atoms with E-state index in [9.17, 15) is 9.59 Å². The molecule has 1 saturated heterocycles. The fourth-order valence-electron chi connectivity index (χ4n) is 3.80. The average Bonchev–Trinajstić information content (AvgIpc) is 3.38. The number of nitrogens with zero attached hydrogens (tertiary/aromatic N) is 3. The normalized spacial score (nSPS) is 16.2. The van der Waals surface area contributed by atoms with Crippen molar-refractivity contribution < 1.29 is 14.3 Å². The van der Waals surface area contributed by atoms with Gasteiger partial charge in [0.25, 0.3) is 11.5 Å². The van der Waals surface area contributed by atoms with Crippen LogP contribution in [0.2, 0.25) is 0 Å². The molecule has 0 N–H and O–H groups in total. The van der Waals surface area contributed by atoms with Crippen LogP contribution in [0.15, 0.2) is 35.4 Å². The van der Waals surface area contributed by atoms with Crippen molar-refractivity contribution in [2.75, 3.05) is 20.3 Å². The highest BCUT2D eigenvalue weighted by molar-refractivity contribution is 7.20. The Hall–Kier alpha value is -2.71. The quantitative estimate of drug-likeness (QED) is 0.604. The number of carbonyl (C=O) groups is 1. The van der Waals surface area contributed by atoms with Crippen LogP contribution in [0, 0.1) is 6.92 Å². The molecule has 1 unspecified atom stereocenters. The molecule has 1 atom stereocenters. The summed E-state index contributed by atoms with van der Waals surface area (Å²) in [4.78, 5) is 33.5. The number of fused-ring (bicyclic) bond motifs is 1. The van der Waals surface area contributed by atoms with Gasteiger partial charge in [-0.1, -0.05) is 12.1 Å². The van der Waals surface area contributed by atoms with Crippen LogP contribution in [0.3, 0.4) is 0 Å². The highest BCUT2D eigenvalue weighted by Crippen LogP contribution is 2.29. The van der Waals surface area contributed by atoms with E-state index in [1.54, 1.807) is 14.2 Å². The molecule has 1 amide bonds. The summed E-state index contributed by atoms with van der Waals surface area (Å²) in [6.45, 7) is 3.50. The zero-order valence-electron chi connectivity index (χ0n) is 17.4. The average molecular weight is 428 g/mol. The predicted octanol–water partition coefficient (Wildman–Crippen LogP) is 3.13. The Morgan fingerprint density at radius 2 is 2.27 bits per heavy atom. The maximum Gasteiger partial charge on any atom is 0.264 e. The largest absolute Gasteiger partial charge is 0.497 e. The van der Waals surface area contributed by atoms with E-state index < -0.39 is 0 Å². The Kier molecular flexibility index (Phi) is 5.87. The number of thiophene rings is 1. The summed E-state index contributed by atoms with van der Waals surface area (Å²) in [7, 11) is 3.29. The number of hydrogen-bond donors (Lipinski definition) is 0. The number of carbonyl (C=O) groups excluding carboxylic acids is 1. The molecule has 0 bridgehead atoms. The van der Waals surface area contributed by atoms with Gasteiger partial charge in [-0.05, 0) is 43.0 Å². The van der Waals surface area contributed by atoms with E-state index in [1.165, 1.54) is 22.2 Å². The van der Waals surface area contributed by atoms with Crippen LogP contribution in [0.25, 0.3) is 10.2 Å². The van der Waals surface area contributed by atoms with Gasteiger partial charge in [-0.3, -0.25) is 9.59 Å². The molecule has 1 fully saturated rings. The van der Waals surface area contributed by atoms with Gasteiger partial charge in [-0.25, -0.2) is 4.98 Å². The molecule has 0 aliphatic carbocycles. The number of benzene rings is 1. The van der Waals surface area contributed by atoms with Gasteiger partial charge >= 0.3 is 0 Å². The fourth-order valence-corrected chi connectivity index (χ4v) is 4.91. The lowest BCUT2D eigenvalue weighted by Gasteiger charge is -2.25. The predicted molar refractivity (Wildman–Crippen MR) is 116 cm³/mol. The van der Waals surface area contributed by atoms with Gasteiger partial charge in [0.05, 0.1) is 29.8 Å². The van der Waals surface area contributed by atoms with E-state index in [4.69, 9.17) is 9.47 Å². The summed E-state index contributed by atoms with van der Waals surface area (Å²) < 4.78 is 12.6. The third-order valence-corrected chi connectivity index (χ3v) is 6.64. The minimum Gasteiger partial charge on any atom is -0.497 e. The second-order valence-corrected chi connectivity index (χ2v) is 8.57. The molecule has 3 heterocycles. The van der Waals surface area contributed by atoms with Crippen LogP contribution in [-0.4, -0.2) is 46.7 Å². The van der Waals surface area contributed by atoms with Crippen molar-refractivity contribution >= 4 is 27.5 Å². The minimum atomic E-state index is -0.133.